The summed E-state index contributed by atoms with van der Waals surface area (Å²) in [5.74, 6) is -0.964. The van der Waals surface area contributed by atoms with Crippen molar-refractivity contribution in [3.05, 3.63) is 110 Å². The third-order valence-corrected chi connectivity index (χ3v) is 23.6. The van der Waals surface area contributed by atoms with E-state index >= 15 is 0 Å². The lowest BCUT2D eigenvalue weighted by atomic mass is 10.1. The highest BCUT2D eigenvalue weighted by molar-refractivity contribution is 9.11. The number of aromatic amines is 1. The number of H-pyrrole nitrogens is 1. The monoisotopic (exact) mass is 1620 g/mol. The number of carbonyl (C=O) groups excluding carboxylic acids is 5. The SMILES string of the molecule is C=CC1C[C@]1(NC(=O)[C@@H]1C[C@@H](Oc2cc(OCC)nc3c(Br)c(OC)ccc23)CN1)C(=O)NS(=O)(=O)C1CC1.C=CC1C[C@]1(NC(=O)[C@@H]1C[C@H](OS(=O)(=O)c2ccc(Br)cc2)CN1C(=O)OC(C)(C)C)C(=O)NS(=O)(=O)C1CC1.CCOc1cc(=O)c2ccc(OC)c(Br)c2[nH]1.Cl. The first-order chi connectivity index (χ1) is 45.3. The summed E-state index contributed by atoms with van der Waals surface area (Å²) in [5.41, 5.74) is -2.58. The molecule has 6 fully saturated rings. The Morgan fingerprint density at radius 1 is 0.722 bits per heavy atom. The molecule has 2 aliphatic heterocycles. The fourth-order valence-electron chi connectivity index (χ4n) is 11.0. The number of pyridine rings is 2. The predicted octanol–water partition coefficient (Wildman–Crippen LogP) is 7.50. The van der Waals surface area contributed by atoms with Crippen LogP contribution in [0.15, 0.2) is 109 Å². The van der Waals surface area contributed by atoms with Gasteiger partial charge in [-0.2, -0.15) is 8.42 Å². The molecule has 0 bridgehead atoms. The molecule has 0 spiro atoms. The van der Waals surface area contributed by atoms with Crippen molar-refractivity contribution in [3.63, 3.8) is 0 Å². The quantitative estimate of drug-likeness (QED) is 0.0272. The van der Waals surface area contributed by atoms with Gasteiger partial charge in [-0.1, -0.05) is 28.1 Å². The second-order valence-corrected chi connectivity index (χ2v) is 32.6. The topological polar surface area (TPSA) is 362 Å². The first-order valence-electron chi connectivity index (χ1n) is 30.7. The summed E-state index contributed by atoms with van der Waals surface area (Å²) in [4.78, 5) is 86.3. The molecule has 8 atom stereocenters. The first kappa shape index (κ1) is 76.2. The van der Waals surface area contributed by atoms with Gasteiger partial charge in [0.25, 0.3) is 21.9 Å². The molecule has 11 rings (SSSR count). The minimum absolute atomic E-state index is 0. The molecule has 6 N–H and O–H groups in total. The van der Waals surface area contributed by atoms with Crippen LogP contribution in [0, 0.1) is 11.8 Å². The zero-order valence-corrected chi connectivity index (χ0v) is 61.9. The number of sulfonamides is 2. The summed E-state index contributed by atoms with van der Waals surface area (Å²) >= 11 is 10.2. The molecule has 2 unspecified atom stereocenters. The molecule has 5 amide bonds. The molecule has 6 aliphatic rings. The minimum Gasteiger partial charge on any atom is -0.495 e. The highest BCUT2D eigenvalue weighted by Gasteiger charge is 2.63. The van der Waals surface area contributed by atoms with E-state index in [1.54, 1.807) is 59.3 Å². The zero-order valence-electron chi connectivity index (χ0n) is 53.9. The largest absolute Gasteiger partial charge is 0.495 e. The minimum atomic E-state index is -4.24. The van der Waals surface area contributed by atoms with Crippen molar-refractivity contribution in [1.29, 1.82) is 0 Å². The lowest BCUT2D eigenvalue weighted by Gasteiger charge is -2.29. The fraction of sp³-hybridized carbons (Fsp3) is 0.476. The zero-order chi connectivity index (χ0) is 70.0. The third-order valence-electron chi connectivity index (χ3n) is 16.5. The summed E-state index contributed by atoms with van der Waals surface area (Å²) in [6.45, 7) is 17.1. The van der Waals surface area contributed by atoms with Crippen molar-refractivity contribution in [3.8, 4) is 29.0 Å². The molecule has 2 aromatic heterocycles. The lowest BCUT2D eigenvalue weighted by molar-refractivity contribution is -0.131. The van der Waals surface area contributed by atoms with E-state index in [0.717, 1.165) is 14.8 Å². The number of likely N-dealkylation sites (tertiary alicyclic amines) is 1. The molecular formula is C63H76Br3ClN8O19S3. The van der Waals surface area contributed by atoms with Crippen LogP contribution in [0.2, 0.25) is 0 Å². The van der Waals surface area contributed by atoms with E-state index in [4.69, 9.17) is 32.6 Å². The maximum absolute atomic E-state index is 13.5. The maximum Gasteiger partial charge on any atom is 0.411 e. The molecule has 4 heterocycles. The molecule has 34 heteroatoms. The van der Waals surface area contributed by atoms with Gasteiger partial charge in [-0.25, -0.2) is 26.6 Å². The first-order valence-corrected chi connectivity index (χ1v) is 37.6. The summed E-state index contributed by atoms with van der Waals surface area (Å²) in [6, 6.07) is 14.2. The van der Waals surface area contributed by atoms with Crippen LogP contribution in [-0.2, 0) is 58.3 Å². The van der Waals surface area contributed by atoms with Crippen LogP contribution in [-0.4, -0.2) is 162 Å². The number of ether oxygens (including phenoxy) is 6. The van der Waals surface area contributed by atoms with Crippen LogP contribution < -0.4 is 54.5 Å². The molecule has 5 aromatic rings. The van der Waals surface area contributed by atoms with Crippen molar-refractivity contribution < 1.29 is 81.8 Å². The average molecular weight is 1620 g/mol. The number of aromatic nitrogens is 2. The molecule has 4 saturated carbocycles. The summed E-state index contributed by atoms with van der Waals surface area (Å²) in [6.07, 6.45) is 3.20. The molecular weight excluding hydrogens is 1540 g/mol. The number of amides is 5. The molecule has 27 nitrogen and oxygen atoms in total. The number of benzene rings is 3. The number of rotatable bonds is 23. The van der Waals surface area contributed by atoms with E-state index in [0.29, 0.717) is 113 Å². The number of nitrogens with one attached hydrogen (secondary N) is 6. The predicted molar refractivity (Wildman–Crippen MR) is 371 cm³/mol. The van der Waals surface area contributed by atoms with Crippen LogP contribution in [0.1, 0.15) is 86.0 Å². The average Bonchev–Trinajstić information content (AvgIpc) is 1.59. The Morgan fingerprint density at radius 2 is 1.27 bits per heavy atom. The third kappa shape index (κ3) is 17.7. The molecule has 0 radical (unpaired) electrons. The van der Waals surface area contributed by atoms with Crippen molar-refractivity contribution in [2.24, 2.45) is 11.8 Å². The van der Waals surface area contributed by atoms with E-state index in [1.165, 1.54) is 36.4 Å². The fourth-order valence-corrected chi connectivity index (χ4v) is 16.3. The standard InChI is InChI=1S/C26H31BrN4O7S.C25H32BrN3O9S2.C12H12BrNO3.ClH/c1-4-14-12-26(14,25(33)31-39(34,35)16-6-7-16)30-24(32)18-10-15(13-28-18)38-20-11-21(37-5-2)29-23-17(20)8-9-19(36-3)22(23)27;1-5-15-13-25(15,22(31)28-39(33,34)18-10-11-18)27-21(30)20-12-17(14-29(20)23(32)37-24(2,3)4)38-40(35,36)19-8-6-16(26)7-9-19;1-3-17-10-6-8(15)7-4-5-9(16-2)11(13)12(7)14-10;/h4,8-9,11,14-16,18,28H,1,5-7,10,12-13H2,2-3H3,(H,30,32)(H,31,33);5-9,15,17-18,20H,1,10-14H2,2-4H3,(H,27,30)(H,28,31);4-6H,3H2,1-2H3,(H,14,15);1H/t14?,15-,18+,26-;15?,17-,20-,25+;;/m10../s1. The van der Waals surface area contributed by atoms with Gasteiger partial charge in [-0.05, 0) is 154 Å². The van der Waals surface area contributed by atoms with Crippen LogP contribution >= 0.6 is 60.2 Å². The van der Waals surface area contributed by atoms with Gasteiger partial charge >= 0.3 is 6.09 Å². The Hall–Kier alpha value is -6.59. The lowest BCUT2D eigenvalue weighted by Crippen LogP contribution is -2.56. The Balaban J connectivity index is 0.000000199. The maximum atomic E-state index is 13.5. The van der Waals surface area contributed by atoms with Gasteiger partial charge in [0.2, 0.25) is 37.7 Å². The number of fused-ring (bicyclic) bond motifs is 2. The van der Waals surface area contributed by atoms with E-state index in [9.17, 15) is 54.0 Å². The van der Waals surface area contributed by atoms with E-state index in [2.05, 4.69) is 96.3 Å². The Labute approximate surface area is 593 Å². The summed E-state index contributed by atoms with van der Waals surface area (Å²) < 4.78 is 120. The van der Waals surface area contributed by atoms with Crippen molar-refractivity contribution in [2.45, 2.75) is 142 Å². The highest BCUT2D eigenvalue weighted by atomic mass is 79.9. The van der Waals surface area contributed by atoms with Gasteiger partial charge in [-0.15, -0.1) is 25.6 Å². The van der Waals surface area contributed by atoms with Crippen LogP contribution in [0.3, 0.4) is 0 Å². The molecule has 528 valence electrons. The van der Waals surface area contributed by atoms with Crippen molar-refractivity contribution in [1.82, 2.24) is 40.3 Å². The number of hydrogen-bond donors (Lipinski definition) is 6. The number of nitrogens with zero attached hydrogens (tertiary/aromatic N) is 2. The van der Waals surface area contributed by atoms with Crippen LogP contribution in [0.4, 0.5) is 4.79 Å². The van der Waals surface area contributed by atoms with E-state index < -0.39 is 111 Å². The Bertz CT molecular complexity index is 4290. The van der Waals surface area contributed by atoms with Gasteiger partial charge in [0.1, 0.15) is 46.1 Å². The Kier molecular flexibility index (Phi) is 23.9. The number of carbonyl (C=O) groups is 5. The van der Waals surface area contributed by atoms with Crippen molar-refractivity contribution in [2.75, 3.05) is 40.5 Å². The number of methoxy groups -OCH3 is 2. The van der Waals surface area contributed by atoms with Crippen molar-refractivity contribution >= 4 is 142 Å². The summed E-state index contributed by atoms with van der Waals surface area (Å²) in [7, 11) is -8.71. The molecule has 2 saturated heterocycles. The molecule has 4 aliphatic carbocycles. The van der Waals surface area contributed by atoms with Gasteiger partial charge in [0.05, 0.1) is 81.5 Å². The molecule has 97 heavy (non-hydrogen) atoms. The van der Waals surface area contributed by atoms with Crippen LogP contribution in [0.25, 0.3) is 21.8 Å². The smallest absolute Gasteiger partial charge is 0.411 e. The van der Waals surface area contributed by atoms with Gasteiger partial charge in [0, 0.05) is 58.6 Å². The van der Waals surface area contributed by atoms with Gasteiger partial charge in [-0.3, -0.25) is 42.5 Å². The summed E-state index contributed by atoms with van der Waals surface area (Å²) in [5, 5.41) is 8.72. The highest BCUT2D eigenvalue weighted by Crippen LogP contribution is 2.47. The Morgan fingerprint density at radius 3 is 1.78 bits per heavy atom. The van der Waals surface area contributed by atoms with E-state index in [-0.39, 0.29) is 54.1 Å². The normalized spacial score (nSPS) is 23.3. The van der Waals surface area contributed by atoms with Crippen LogP contribution in [0.5, 0.6) is 29.0 Å². The second kappa shape index (κ2) is 30.5. The second-order valence-electron chi connectivity index (χ2n) is 24.6. The van der Waals surface area contributed by atoms with E-state index in [1.807, 2.05) is 26.0 Å². The number of halogens is 4. The van der Waals surface area contributed by atoms with Gasteiger partial charge in [0.15, 0.2) is 11.3 Å². The van der Waals surface area contributed by atoms with Gasteiger partial charge < -0.3 is 49.4 Å². The molecule has 3 aromatic carbocycles. The number of hydrogen-bond acceptors (Lipinski definition) is 21.